The van der Waals surface area contributed by atoms with Gasteiger partial charge in [-0.2, -0.15) is 0 Å². The molecule has 23 heavy (non-hydrogen) atoms. The molecule has 0 spiro atoms. The zero-order valence-corrected chi connectivity index (χ0v) is 13.4. The van der Waals surface area contributed by atoms with Crippen molar-refractivity contribution in [1.82, 2.24) is 10.2 Å². The van der Waals surface area contributed by atoms with Gasteiger partial charge in [0.25, 0.3) is 5.91 Å². The first kappa shape index (κ1) is 16.0. The molecule has 2 amide bonds. The van der Waals surface area contributed by atoms with Crippen LogP contribution in [-0.4, -0.2) is 41.9 Å². The van der Waals surface area contributed by atoms with Gasteiger partial charge in [0, 0.05) is 36.7 Å². The standard InChI is InChI=1S/C18H25N3O2/c19-15-7-6-14(12-15)17(22)20-16-8-10-21(11-9-16)18(23)13-4-2-1-3-5-13/h1-5,14-16H,6-12,19H2,(H,20,22). The number of nitrogens with two attached hydrogens (primary N) is 1. The zero-order chi connectivity index (χ0) is 16.2. The average Bonchev–Trinajstić information content (AvgIpc) is 3.02. The Morgan fingerprint density at radius 3 is 2.35 bits per heavy atom. The van der Waals surface area contributed by atoms with E-state index >= 15 is 0 Å². The van der Waals surface area contributed by atoms with Gasteiger partial charge >= 0.3 is 0 Å². The van der Waals surface area contributed by atoms with Crippen LogP contribution in [0.2, 0.25) is 0 Å². The Morgan fingerprint density at radius 2 is 1.74 bits per heavy atom. The molecule has 2 fully saturated rings. The highest BCUT2D eigenvalue weighted by atomic mass is 16.2. The van der Waals surface area contributed by atoms with Gasteiger partial charge in [0.15, 0.2) is 0 Å². The Bertz CT molecular complexity index is 553. The Balaban J connectivity index is 1.47. The summed E-state index contributed by atoms with van der Waals surface area (Å²) in [5.41, 5.74) is 6.61. The third-order valence-corrected chi connectivity index (χ3v) is 4.99. The number of carbonyl (C=O) groups excluding carboxylic acids is 2. The molecular formula is C18H25N3O2. The van der Waals surface area contributed by atoms with Crippen LogP contribution in [0.1, 0.15) is 42.5 Å². The van der Waals surface area contributed by atoms with Crippen LogP contribution in [0, 0.1) is 5.92 Å². The lowest BCUT2D eigenvalue weighted by atomic mass is 10.0. The molecule has 0 bridgehead atoms. The number of amides is 2. The number of rotatable bonds is 3. The summed E-state index contributed by atoms with van der Waals surface area (Å²) in [6.07, 6.45) is 4.30. The molecule has 124 valence electrons. The van der Waals surface area contributed by atoms with Gasteiger partial charge in [-0.1, -0.05) is 18.2 Å². The molecule has 1 saturated heterocycles. The van der Waals surface area contributed by atoms with Crippen LogP contribution in [0.15, 0.2) is 30.3 Å². The zero-order valence-electron chi connectivity index (χ0n) is 13.4. The second-order valence-electron chi connectivity index (χ2n) is 6.71. The first-order valence-electron chi connectivity index (χ1n) is 8.54. The highest BCUT2D eigenvalue weighted by Gasteiger charge is 2.30. The van der Waals surface area contributed by atoms with E-state index in [0.717, 1.165) is 37.7 Å². The summed E-state index contributed by atoms with van der Waals surface area (Å²) in [4.78, 5) is 26.5. The Kier molecular flexibility index (Phi) is 4.96. The molecule has 5 heteroatoms. The van der Waals surface area contributed by atoms with Crippen LogP contribution < -0.4 is 11.1 Å². The van der Waals surface area contributed by atoms with Gasteiger partial charge in [-0.25, -0.2) is 0 Å². The molecule has 0 aromatic heterocycles. The fourth-order valence-corrected chi connectivity index (χ4v) is 3.56. The average molecular weight is 315 g/mol. The van der Waals surface area contributed by atoms with Crippen LogP contribution in [0.25, 0.3) is 0 Å². The van der Waals surface area contributed by atoms with Crippen LogP contribution in [-0.2, 0) is 4.79 Å². The molecule has 1 heterocycles. The minimum atomic E-state index is 0.0778. The molecule has 3 rings (SSSR count). The number of hydrogen-bond acceptors (Lipinski definition) is 3. The van der Waals surface area contributed by atoms with E-state index in [0.29, 0.717) is 13.1 Å². The van der Waals surface area contributed by atoms with Crippen molar-refractivity contribution < 1.29 is 9.59 Å². The minimum absolute atomic E-state index is 0.0778. The summed E-state index contributed by atoms with van der Waals surface area (Å²) >= 11 is 0. The van der Waals surface area contributed by atoms with Crippen molar-refractivity contribution in [3.63, 3.8) is 0 Å². The topological polar surface area (TPSA) is 75.4 Å². The molecular weight excluding hydrogens is 290 g/mol. The van der Waals surface area contributed by atoms with Gasteiger partial charge in [0.05, 0.1) is 0 Å². The second-order valence-corrected chi connectivity index (χ2v) is 6.71. The highest BCUT2D eigenvalue weighted by Crippen LogP contribution is 2.25. The van der Waals surface area contributed by atoms with Crippen LogP contribution in [0.3, 0.4) is 0 Å². The molecule has 2 atom stereocenters. The van der Waals surface area contributed by atoms with E-state index in [1.165, 1.54) is 0 Å². The normalized spacial score (nSPS) is 25.3. The third-order valence-electron chi connectivity index (χ3n) is 4.99. The summed E-state index contributed by atoms with van der Waals surface area (Å²) in [6.45, 7) is 1.39. The first-order valence-corrected chi connectivity index (χ1v) is 8.54. The minimum Gasteiger partial charge on any atom is -0.353 e. The lowest BCUT2D eigenvalue weighted by Crippen LogP contribution is -2.47. The van der Waals surface area contributed by atoms with Crippen molar-refractivity contribution in [2.24, 2.45) is 11.7 Å². The number of piperidine rings is 1. The molecule has 2 unspecified atom stereocenters. The number of nitrogens with one attached hydrogen (secondary N) is 1. The summed E-state index contributed by atoms with van der Waals surface area (Å²) < 4.78 is 0. The molecule has 3 N–H and O–H groups in total. The van der Waals surface area contributed by atoms with E-state index in [2.05, 4.69) is 5.32 Å². The largest absolute Gasteiger partial charge is 0.353 e. The number of benzene rings is 1. The molecule has 1 aromatic carbocycles. The molecule has 0 radical (unpaired) electrons. The van der Waals surface area contributed by atoms with E-state index in [9.17, 15) is 9.59 Å². The molecule has 2 aliphatic rings. The monoisotopic (exact) mass is 315 g/mol. The number of carbonyl (C=O) groups is 2. The first-order chi connectivity index (χ1) is 11.1. The predicted octanol–water partition coefficient (Wildman–Crippen LogP) is 1.53. The van der Waals surface area contributed by atoms with Gasteiger partial charge in [-0.05, 0) is 44.2 Å². The number of hydrogen-bond donors (Lipinski definition) is 2. The highest BCUT2D eigenvalue weighted by molar-refractivity contribution is 5.94. The van der Waals surface area contributed by atoms with E-state index in [4.69, 9.17) is 5.73 Å². The van der Waals surface area contributed by atoms with E-state index in [-0.39, 0.29) is 29.8 Å². The number of nitrogens with zero attached hydrogens (tertiary/aromatic N) is 1. The van der Waals surface area contributed by atoms with Crippen molar-refractivity contribution in [2.75, 3.05) is 13.1 Å². The van der Waals surface area contributed by atoms with Gasteiger partial charge in [0.1, 0.15) is 0 Å². The van der Waals surface area contributed by atoms with Gasteiger partial charge < -0.3 is 16.0 Å². The lowest BCUT2D eigenvalue weighted by molar-refractivity contribution is -0.125. The molecule has 1 aromatic rings. The predicted molar refractivity (Wildman–Crippen MR) is 88.8 cm³/mol. The van der Waals surface area contributed by atoms with Crippen molar-refractivity contribution >= 4 is 11.8 Å². The van der Waals surface area contributed by atoms with Crippen molar-refractivity contribution in [3.8, 4) is 0 Å². The Labute approximate surface area is 137 Å². The van der Waals surface area contributed by atoms with E-state index in [1.54, 1.807) is 0 Å². The Hall–Kier alpha value is -1.88. The smallest absolute Gasteiger partial charge is 0.253 e. The van der Waals surface area contributed by atoms with Crippen molar-refractivity contribution in [2.45, 2.75) is 44.2 Å². The fraction of sp³-hybridized carbons (Fsp3) is 0.556. The molecule has 1 aliphatic heterocycles. The quantitative estimate of drug-likeness (QED) is 0.888. The summed E-state index contributed by atoms with van der Waals surface area (Å²) in [5, 5.41) is 3.15. The maximum Gasteiger partial charge on any atom is 0.253 e. The van der Waals surface area contributed by atoms with E-state index in [1.807, 2.05) is 35.2 Å². The SMILES string of the molecule is NC1CCC(C(=O)NC2CCN(C(=O)c3ccccc3)CC2)C1. The molecule has 5 nitrogen and oxygen atoms in total. The van der Waals surface area contributed by atoms with Gasteiger partial charge in [-0.3, -0.25) is 9.59 Å². The maximum atomic E-state index is 12.4. The van der Waals surface area contributed by atoms with Gasteiger partial charge in [-0.15, -0.1) is 0 Å². The summed E-state index contributed by atoms with van der Waals surface area (Å²) in [7, 11) is 0. The van der Waals surface area contributed by atoms with Gasteiger partial charge in [0.2, 0.25) is 5.91 Å². The molecule has 1 saturated carbocycles. The van der Waals surface area contributed by atoms with Crippen LogP contribution >= 0.6 is 0 Å². The fourth-order valence-electron chi connectivity index (χ4n) is 3.56. The Morgan fingerprint density at radius 1 is 1.04 bits per heavy atom. The van der Waals surface area contributed by atoms with Crippen LogP contribution in [0.5, 0.6) is 0 Å². The van der Waals surface area contributed by atoms with Crippen molar-refractivity contribution in [1.29, 1.82) is 0 Å². The lowest BCUT2D eigenvalue weighted by Gasteiger charge is -2.33. The summed E-state index contributed by atoms with van der Waals surface area (Å²) in [6, 6.07) is 9.72. The number of likely N-dealkylation sites (tertiary alicyclic amines) is 1. The van der Waals surface area contributed by atoms with Crippen LogP contribution in [0.4, 0.5) is 0 Å². The maximum absolute atomic E-state index is 12.4. The van der Waals surface area contributed by atoms with E-state index < -0.39 is 0 Å². The van der Waals surface area contributed by atoms with Crippen molar-refractivity contribution in [3.05, 3.63) is 35.9 Å². The molecule has 1 aliphatic carbocycles. The summed E-state index contributed by atoms with van der Waals surface area (Å²) in [5.74, 6) is 0.303. The second kappa shape index (κ2) is 7.13. The third kappa shape index (κ3) is 3.91.